The van der Waals surface area contributed by atoms with Gasteiger partial charge in [0.2, 0.25) is 5.95 Å². The minimum atomic E-state index is -1.80. The third kappa shape index (κ3) is 1.97. The molecule has 0 saturated heterocycles. The van der Waals surface area contributed by atoms with Crippen LogP contribution in [-0.4, -0.2) is 28.4 Å². The lowest BCUT2D eigenvalue weighted by atomic mass is 9.81. The molecule has 0 fully saturated rings. The monoisotopic (exact) mass is 187 g/mol. The Kier molecular flexibility index (Phi) is 3.08. The molecule has 64 valence electrons. The number of nitrogens with zero attached hydrogens (tertiary/aromatic N) is 1. The molecular formula is C6H7BFNO2S. The molecule has 0 aliphatic carbocycles. The van der Waals surface area contributed by atoms with E-state index in [4.69, 9.17) is 10.0 Å². The molecular weight excluding hydrogens is 180 g/mol. The van der Waals surface area contributed by atoms with Crippen molar-refractivity contribution in [1.29, 1.82) is 0 Å². The molecule has 0 aromatic carbocycles. The number of rotatable bonds is 2. The molecule has 0 aliphatic heterocycles. The molecule has 1 aromatic rings. The van der Waals surface area contributed by atoms with Crippen LogP contribution in [0, 0.1) is 5.95 Å². The molecule has 0 unspecified atom stereocenters. The van der Waals surface area contributed by atoms with Gasteiger partial charge in [0, 0.05) is 5.46 Å². The number of hydrogen-bond acceptors (Lipinski definition) is 4. The van der Waals surface area contributed by atoms with E-state index in [0.717, 1.165) is 0 Å². The number of halogens is 1. The van der Waals surface area contributed by atoms with Crippen molar-refractivity contribution >= 4 is 24.3 Å². The Bertz CT molecular complexity index is 284. The Labute approximate surface area is 73.8 Å². The van der Waals surface area contributed by atoms with Gasteiger partial charge in [-0.1, -0.05) is 6.07 Å². The van der Waals surface area contributed by atoms with Crippen molar-refractivity contribution in [2.24, 2.45) is 0 Å². The van der Waals surface area contributed by atoms with Gasteiger partial charge >= 0.3 is 7.12 Å². The highest BCUT2D eigenvalue weighted by Gasteiger charge is 2.17. The van der Waals surface area contributed by atoms with Gasteiger partial charge in [-0.3, -0.25) is 0 Å². The van der Waals surface area contributed by atoms with Crippen LogP contribution in [0.15, 0.2) is 17.2 Å². The van der Waals surface area contributed by atoms with Crippen LogP contribution in [0.4, 0.5) is 4.39 Å². The Morgan fingerprint density at radius 3 is 2.58 bits per heavy atom. The molecule has 12 heavy (non-hydrogen) atoms. The summed E-state index contributed by atoms with van der Waals surface area (Å²) in [6.07, 6.45) is 1.76. The normalized spacial score (nSPS) is 10.0. The summed E-state index contributed by atoms with van der Waals surface area (Å²) in [7, 11) is -1.80. The zero-order chi connectivity index (χ0) is 9.14. The predicted octanol–water partition coefficient (Wildman–Crippen LogP) is -0.378. The van der Waals surface area contributed by atoms with Crippen LogP contribution in [0.3, 0.4) is 0 Å². The molecule has 0 radical (unpaired) electrons. The highest BCUT2D eigenvalue weighted by atomic mass is 32.2. The fraction of sp³-hybridized carbons (Fsp3) is 0.167. The first-order valence-corrected chi connectivity index (χ1v) is 4.44. The first-order chi connectivity index (χ1) is 5.65. The fourth-order valence-electron chi connectivity index (χ4n) is 0.735. The van der Waals surface area contributed by atoms with Crippen molar-refractivity contribution in [3.05, 3.63) is 18.1 Å². The molecule has 0 bridgehead atoms. The average Bonchev–Trinajstić information content (AvgIpc) is 2.03. The Morgan fingerprint density at radius 1 is 1.50 bits per heavy atom. The summed E-state index contributed by atoms with van der Waals surface area (Å²) >= 11 is 1.29. The summed E-state index contributed by atoms with van der Waals surface area (Å²) in [5.41, 5.74) is -0.201. The SMILES string of the molecule is CSc1ccc(B(O)O)c(F)n1. The minimum absolute atomic E-state index is 0.201. The van der Waals surface area contributed by atoms with Gasteiger partial charge in [-0.25, -0.2) is 4.98 Å². The Hall–Kier alpha value is -0.585. The average molecular weight is 187 g/mol. The number of pyridine rings is 1. The predicted molar refractivity (Wildman–Crippen MR) is 45.8 cm³/mol. The second-order valence-electron chi connectivity index (χ2n) is 2.11. The van der Waals surface area contributed by atoms with E-state index in [1.165, 1.54) is 23.9 Å². The standard InChI is InChI=1S/C6H7BFNO2S/c1-12-5-3-2-4(7(10)11)6(8)9-5/h2-3,10-11H,1H3. The first-order valence-electron chi connectivity index (χ1n) is 3.21. The van der Waals surface area contributed by atoms with E-state index in [1.54, 1.807) is 6.26 Å². The summed E-state index contributed by atoms with van der Waals surface area (Å²) in [4.78, 5) is 3.49. The molecule has 0 spiro atoms. The van der Waals surface area contributed by atoms with E-state index in [0.29, 0.717) is 5.03 Å². The summed E-state index contributed by atoms with van der Waals surface area (Å²) in [6, 6.07) is 2.83. The molecule has 1 aromatic heterocycles. The van der Waals surface area contributed by atoms with Crippen molar-refractivity contribution < 1.29 is 14.4 Å². The van der Waals surface area contributed by atoms with Crippen LogP contribution in [0.5, 0.6) is 0 Å². The zero-order valence-electron chi connectivity index (χ0n) is 6.36. The van der Waals surface area contributed by atoms with Crippen LogP contribution < -0.4 is 5.46 Å². The second-order valence-corrected chi connectivity index (χ2v) is 2.93. The quantitative estimate of drug-likeness (QED) is 0.376. The van der Waals surface area contributed by atoms with Crippen LogP contribution in [-0.2, 0) is 0 Å². The van der Waals surface area contributed by atoms with Crippen molar-refractivity contribution in [2.45, 2.75) is 5.03 Å². The lowest BCUT2D eigenvalue weighted by molar-refractivity contribution is 0.421. The van der Waals surface area contributed by atoms with E-state index in [-0.39, 0.29) is 5.46 Å². The maximum atomic E-state index is 12.8. The van der Waals surface area contributed by atoms with Gasteiger partial charge in [0.05, 0.1) is 5.03 Å². The van der Waals surface area contributed by atoms with E-state index < -0.39 is 13.1 Å². The fourth-order valence-corrected chi connectivity index (χ4v) is 1.11. The lowest BCUT2D eigenvalue weighted by Gasteiger charge is -2.01. The molecule has 0 amide bonds. The van der Waals surface area contributed by atoms with Gasteiger partial charge in [0.1, 0.15) is 0 Å². The molecule has 2 N–H and O–H groups in total. The minimum Gasteiger partial charge on any atom is -0.423 e. The number of aromatic nitrogens is 1. The van der Waals surface area contributed by atoms with E-state index in [9.17, 15) is 4.39 Å². The van der Waals surface area contributed by atoms with Crippen LogP contribution in [0.1, 0.15) is 0 Å². The largest absolute Gasteiger partial charge is 0.493 e. The van der Waals surface area contributed by atoms with Crippen molar-refractivity contribution in [3.63, 3.8) is 0 Å². The Balaban J connectivity index is 3.03. The van der Waals surface area contributed by atoms with Gasteiger partial charge < -0.3 is 10.0 Å². The van der Waals surface area contributed by atoms with Gasteiger partial charge in [-0.2, -0.15) is 4.39 Å². The van der Waals surface area contributed by atoms with E-state index >= 15 is 0 Å². The third-order valence-corrected chi connectivity index (χ3v) is 1.98. The summed E-state index contributed by atoms with van der Waals surface area (Å²) in [5.74, 6) is -0.836. The highest BCUT2D eigenvalue weighted by Crippen LogP contribution is 2.09. The van der Waals surface area contributed by atoms with Crippen molar-refractivity contribution in [1.82, 2.24) is 4.98 Å². The molecule has 0 saturated carbocycles. The molecule has 3 nitrogen and oxygen atoms in total. The Morgan fingerprint density at radius 2 is 2.17 bits per heavy atom. The molecule has 6 heteroatoms. The van der Waals surface area contributed by atoms with Crippen molar-refractivity contribution in [3.8, 4) is 0 Å². The number of hydrogen-bond donors (Lipinski definition) is 2. The maximum absolute atomic E-state index is 12.8. The van der Waals surface area contributed by atoms with E-state index in [2.05, 4.69) is 4.98 Å². The summed E-state index contributed by atoms with van der Waals surface area (Å²) in [5, 5.41) is 17.8. The maximum Gasteiger partial charge on any atom is 0.493 e. The van der Waals surface area contributed by atoms with Gasteiger partial charge in [-0.05, 0) is 12.3 Å². The zero-order valence-corrected chi connectivity index (χ0v) is 7.18. The third-order valence-electron chi connectivity index (χ3n) is 1.34. The molecule has 1 rings (SSSR count). The van der Waals surface area contributed by atoms with Gasteiger partial charge in [0.25, 0.3) is 0 Å². The van der Waals surface area contributed by atoms with E-state index in [1.807, 2.05) is 0 Å². The van der Waals surface area contributed by atoms with Crippen molar-refractivity contribution in [2.75, 3.05) is 6.26 Å². The smallest absolute Gasteiger partial charge is 0.423 e. The lowest BCUT2D eigenvalue weighted by Crippen LogP contribution is -2.33. The van der Waals surface area contributed by atoms with Crippen LogP contribution in [0.2, 0.25) is 0 Å². The van der Waals surface area contributed by atoms with Gasteiger partial charge in [0.15, 0.2) is 0 Å². The first kappa shape index (κ1) is 9.50. The highest BCUT2D eigenvalue weighted by molar-refractivity contribution is 7.98. The second kappa shape index (κ2) is 3.89. The number of thioether (sulfide) groups is 1. The molecule has 0 aliphatic rings. The van der Waals surface area contributed by atoms with Crippen LogP contribution >= 0.6 is 11.8 Å². The summed E-state index contributed by atoms with van der Waals surface area (Å²) < 4.78 is 12.8. The summed E-state index contributed by atoms with van der Waals surface area (Å²) in [6.45, 7) is 0. The molecule has 1 heterocycles. The molecule has 0 atom stereocenters. The topological polar surface area (TPSA) is 53.4 Å². The van der Waals surface area contributed by atoms with Gasteiger partial charge in [-0.15, -0.1) is 11.8 Å². The van der Waals surface area contributed by atoms with Crippen LogP contribution in [0.25, 0.3) is 0 Å².